The van der Waals surface area contributed by atoms with Crippen molar-refractivity contribution in [2.75, 3.05) is 26.2 Å². The molecule has 4 heteroatoms. The quantitative estimate of drug-likeness (QED) is 0.619. The van der Waals surface area contributed by atoms with E-state index < -0.39 is 0 Å². The highest BCUT2D eigenvalue weighted by Crippen LogP contribution is 2.12. The topological polar surface area (TPSA) is 49.4 Å². The number of benzene rings is 2. The summed E-state index contributed by atoms with van der Waals surface area (Å²) in [4.78, 5) is 24.7. The van der Waals surface area contributed by atoms with E-state index in [4.69, 9.17) is 0 Å². The first kappa shape index (κ1) is 17.5. The third-order valence-corrected chi connectivity index (χ3v) is 4.76. The van der Waals surface area contributed by atoms with Crippen molar-refractivity contribution in [3.05, 3.63) is 71.3 Å². The number of aldehydes is 1. The van der Waals surface area contributed by atoms with E-state index in [1.165, 1.54) is 16.7 Å². The number of hydrogen-bond acceptors (Lipinski definition) is 4. The lowest BCUT2D eigenvalue weighted by Crippen LogP contribution is -2.55. The highest BCUT2D eigenvalue weighted by molar-refractivity contribution is 6.27. The predicted octanol–water partition coefficient (Wildman–Crippen LogP) is 1.86. The number of hydrogen-bond donors (Lipinski definition) is 1. The zero-order chi connectivity index (χ0) is 17.5. The molecule has 1 fully saturated rings. The van der Waals surface area contributed by atoms with Crippen LogP contribution in [-0.2, 0) is 22.4 Å². The average Bonchev–Trinajstić information content (AvgIpc) is 2.68. The Hall–Kier alpha value is -2.30. The molecule has 1 atom stereocenters. The Morgan fingerprint density at radius 2 is 1.72 bits per heavy atom. The van der Waals surface area contributed by atoms with Gasteiger partial charge in [0.2, 0.25) is 5.78 Å². The molecule has 0 saturated carbocycles. The fourth-order valence-electron chi connectivity index (χ4n) is 3.30. The van der Waals surface area contributed by atoms with Crippen molar-refractivity contribution >= 4 is 12.1 Å². The van der Waals surface area contributed by atoms with Crippen LogP contribution in [0, 0.1) is 0 Å². The van der Waals surface area contributed by atoms with Crippen molar-refractivity contribution in [2.24, 2.45) is 0 Å². The molecule has 0 spiro atoms. The van der Waals surface area contributed by atoms with Crippen LogP contribution >= 0.6 is 0 Å². The fourth-order valence-corrected chi connectivity index (χ4v) is 3.30. The van der Waals surface area contributed by atoms with E-state index in [-0.39, 0.29) is 11.8 Å². The van der Waals surface area contributed by atoms with Crippen molar-refractivity contribution in [1.82, 2.24) is 10.2 Å². The summed E-state index contributed by atoms with van der Waals surface area (Å²) in [7, 11) is 0. The van der Waals surface area contributed by atoms with Gasteiger partial charge in [0.15, 0.2) is 6.29 Å². The standard InChI is InChI=1S/C21H24N2O2/c24-16-21(25)20-15-22-11-13-23(20)12-10-17-6-8-19(9-7-17)14-18-4-2-1-3-5-18/h1-9,16,20,22H,10-15H2. The lowest BCUT2D eigenvalue weighted by molar-refractivity contribution is -0.133. The average molecular weight is 336 g/mol. The Labute approximate surface area is 148 Å². The first-order valence-electron chi connectivity index (χ1n) is 8.82. The molecule has 1 aliphatic rings. The molecule has 1 aliphatic heterocycles. The summed E-state index contributed by atoms with van der Waals surface area (Å²) in [5, 5.41) is 3.19. The van der Waals surface area contributed by atoms with Gasteiger partial charge in [0.1, 0.15) is 0 Å². The van der Waals surface area contributed by atoms with E-state index in [0.29, 0.717) is 12.8 Å². The molecule has 25 heavy (non-hydrogen) atoms. The molecule has 2 aromatic carbocycles. The van der Waals surface area contributed by atoms with Crippen LogP contribution in [0.3, 0.4) is 0 Å². The van der Waals surface area contributed by atoms with Gasteiger partial charge in [-0.15, -0.1) is 0 Å². The molecule has 1 saturated heterocycles. The molecule has 3 rings (SSSR count). The molecule has 0 aliphatic carbocycles. The minimum atomic E-state index is -0.328. The molecule has 0 amide bonds. The van der Waals surface area contributed by atoms with Gasteiger partial charge in [0.05, 0.1) is 6.04 Å². The lowest BCUT2D eigenvalue weighted by Gasteiger charge is -2.34. The zero-order valence-corrected chi connectivity index (χ0v) is 14.4. The van der Waals surface area contributed by atoms with Gasteiger partial charge in [-0.25, -0.2) is 0 Å². The van der Waals surface area contributed by atoms with Crippen LogP contribution in [-0.4, -0.2) is 49.2 Å². The van der Waals surface area contributed by atoms with Gasteiger partial charge in [0, 0.05) is 26.2 Å². The third-order valence-electron chi connectivity index (χ3n) is 4.76. The molecular weight excluding hydrogens is 312 g/mol. The largest absolute Gasteiger partial charge is 0.313 e. The van der Waals surface area contributed by atoms with Crippen LogP contribution in [0.25, 0.3) is 0 Å². The van der Waals surface area contributed by atoms with E-state index in [0.717, 1.165) is 32.5 Å². The summed E-state index contributed by atoms with van der Waals surface area (Å²) in [6.45, 7) is 3.02. The number of carbonyl (C=O) groups is 2. The van der Waals surface area contributed by atoms with Gasteiger partial charge in [-0.05, 0) is 29.5 Å². The summed E-state index contributed by atoms with van der Waals surface area (Å²) < 4.78 is 0. The summed E-state index contributed by atoms with van der Waals surface area (Å²) >= 11 is 0. The number of nitrogens with one attached hydrogen (secondary N) is 1. The van der Waals surface area contributed by atoms with Crippen LogP contribution < -0.4 is 5.32 Å². The van der Waals surface area contributed by atoms with Gasteiger partial charge < -0.3 is 5.32 Å². The maximum atomic E-state index is 11.8. The van der Waals surface area contributed by atoms with Crippen LogP contribution in [0.1, 0.15) is 16.7 Å². The van der Waals surface area contributed by atoms with Crippen molar-refractivity contribution in [3.8, 4) is 0 Å². The van der Waals surface area contributed by atoms with E-state index in [2.05, 4.69) is 58.7 Å². The molecular formula is C21H24N2O2. The highest BCUT2D eigenvalue weighted by Gasteiger charge is 2.27. The van der Waals surface area contributed by atoms with E-state index in [1.54, 1.807) is 0 Å². The maximum absolute atomic E-state index is 11.8. The molecule has 0 radical (unpaired) electrons. The van der Waals surface area contributed by atoms with Gasteiger partial charge in [-0.2, -0.15) is 0 Å². The number of piperazine rings is 1. The Morgan fingerprint density at radius 1 is 1.04 bits per heavy atom. The van der Waals surface area contributed by atoms with Crippen LogP contribution in [0.5, 0.6) is 0 Å². The van der Waals surface area contributed by atoms with Gasteiger partial charge >= 0.3 is 0 Å². The molecule has 0 aromatic heterocycles. The highest BCUT2D eigenvalue weighted by atomic mass is 16.2. The van der Waals surface area contributed by atoms with E-state index in [1.807, 2.05) is 6.07 Å². The Morgan fingerprint density at radius 3 is 2.44 bits per heavy atom. The summed E-state index contributed by atoms with van der Waals surface area (Å²) in [5.74, 6) is -0.328. The number of rotatable bonds is 7. The predicted molar refractivity (Wildman–Crippen MR) is 98.7 cm³/mol. The summed E-state index contributed by atoms with van der Waals surface area (Å²) in [6, 6.07) is 18.8. The zero-order valence-electron chi connectivity index (χ0n) is 14.4. The van der Waals surface area contributed by atoms with Crippen LogP contribution in [0.2, 0.25) is 0 Å². The minimum absolute atomic E-state index is 0.316. The smallest absolute Gasteiger partial charge is 0.213 e. The first-order chi connectivity index (χ1) is 12.3. The van der Waals surface area contributed by atoms with E-state index >= 15 is 0 Å². The maximum Gasteiger partial charge on any atom is 0.213 e. The monoisotopic (exact) mass is 336 g/mol. The second-order valence-electron chi connectivity index (χ2n) is 6.50. The summed E-state index contributed by atoms with van der Waals surface area (Å²) in [6.07, 6.45) is 2.27. The number of nitrogens with zero attached hydrogens (tertiary/aromatic N) is 1. The van der Waals surface area contributed by atoms with E-state index in [9.17, 15) is 9.59 Å². The van der Waals surface area contributed by atoms with Crippen LogP contribution in [0.15, 0.2) is 54.6 Å². The van der Waals surface area contributed by atoms with Gasteiger partial charge in [-0.3, -0.25) is 14.5 Å². The Bertz CT molecular complexity index is 698. The lowest BCUT2D eigenvalue weighted by atomic mass is 10.0. The van der Waals surface area contributed by atoms with Gasteiger partial charge in [-0.1, -0.05) is 54.6 Å². The number of carbonyl (C=O) groups excluding carboxylic acids is 2. The van der Waals surface area contributed by atoms with Crippen molar-refractivity contribution < 1.29 is 9.59 Å². The molecule has 1 N–H and O–H groups in total. The fraction of sp³-hybridized carbons (Fsp3) is 0.333. The van der Waals surface area contributed by atoms with Crippen LogP contribution in [0.4, 0.5) is 0 Å². The molecule has 1 unspecified atom stereocenters. The number of Topliss-reactive ketones (excluding diaryl/α,β-unsaturated/α-hetero) is 1. The SMILES string of the molecule is O=CC(=O)C1CNCCN1CCc1ccc(Cc2ccccc2)cc1. The summed E-state index contributed by atoms with van der Waals surface area (Å²) in [5.41, 5.74) is 3.87. The van der Waals surface area contributed by atoms with Crippen molar-refractivity contribution in [2.45, 2.75) is 18.9 Å². The first-order valence-corrected chi connectivity index (χ1v) is 8.82. The third kappa shape index (κ3) is 4.84. The Kier molecular flexibility index (Phi) is 6.09. The minimum Gasteiger partial charge on any atom is -0.313 e. The molecule has 4 nitrogen and oxygen atoms in total. The second kappa shape index (κ2) is 8.70. The normalized spacial score (nSPS) is 18.0. The Balaban J connectivity index is 1.56. The molecule has 0 bridgehead atoms. The molecule has 2 aromatic rings. The molecule has 1 heterocycles. The van der Waals surface area contributed by atoms with Gasteiger partial charge in [0.25, 0.3) is 0 Å². The number of ketones is 1. The second-order valence-corrected chi connectivity index (χ2v) is 6.50. The van der Waals surface area contributed by atoms with Crippen molar-refractivity contribution in [1.29, 1.82) is 0 Å². The molecule has 130 valence electrons. The van der Waals surface area contributed by atoms with Crippen molar-refractivity contribution in [3.63, 3.8) is 0 Å².